The van der Waals surface area contributed by atoms with Gasteiger partial charge in [-0.05, 0) is 64.2 Å². The third-order valence-corrected chi connectivity index (χ3v) is 7.86. The Morgan fingerprint density at radius 2 is 1.12 bits per heavy atom. The third-order valence-electron chi connectivity index (χ3n) is 7.86. The first kappa shape index (κ1) is 40.9. The number of carboxylic acid groups (broad SMARTS) is 1. The average Bonchev–Trinajstić information content (AvgIpc) is 2.99. The van der Waals surface area contributed by atoms with E-state index in [-0.39, 0.29) is 24.5 Å². The van der Waals surface area contributed by atoms with Crippen LogP contribution in [0.5, 0.6) is 0 Å². The molecule has 0 aromatic carbocycles. The smallest absolute Gasteiger partial charge is 0.322 e. The quantitative estimate of drug-likeness (QED) is 0.0452. The molecule has 6 nitrogen and oxygen atoms in total. The fraction of sp³-hybridized carbons (Fsp3) is 0.811. The van der Waals surface area contributed by atoms with Crippen LogP contribution in [-0.4, -0.2) is 35.6 Å². The topological polar surface area (TPSA) is 92.7 Å². The van der Waals surface area contributed by atoms with Crippen LogP contribution in [0.25, 0.3) is 0 Å². The lowest BCUT2D eigenvalue weighted by molar-refractivity contribution is -0.150. The van der Waals surface area contributed by atoms with Crippen LogP contribution in [0, 0.1) is 0 Å². The Balaban J connectivity index is 4.14. The molecule has 1 unspecified atom stereocenters. The van der Waals surface area contributed by atoms with Crippen molar-refractivity contribution in [3.05, 3.63) is 24.3 Å². The molecular formula is C37H67NO5. The van der Waals surface area contributed by atoms with Crippen molar-refractivity contribution in [2.45, 2.75) is 187 Å². The molecule has 0 fully saturated rings. The summed E-state index contributed by atoms with van der Waals surface area (Å²) in [4.78, 5) is 34.8. The molecule has 0 rings (SSSR count). The van der Waals surface area contributed by atoms with Gasteiger partial charge in [-0.25, -0.2) is 0 Å². The summed E-state index contributed by atoms with van der Waals surface area (Å²) in [5, 5.41) is 11.0. The molecule has 43 heavy (non-hydrogen) atoms. The summed E-state index contributed by atoms with van der Waals surface area (Å²) in [6.07, 6.45) is 37.2. The third kappa shape index (κ3) is 32.6. The van der Waals surface area contributed by atoms with E-state index in [1.807, 2.05) is 0 Å². The van der Waals surface area contributed by atoms with Crippen LogP contribution in [0.3, 0.4) is 0 Å². The molecule has 1 atom stereocenters. The van der Waals surface area contributed by atoms with E-state index in [0.29, 0.717) is 12.8 Å². The van der Waals surface area contributed by atoms with Crippen molar-refractivity contribution in [2.24, 2.45) is 0 Å². The largest absolute Gasteiger partial charge is 0.480 e. The van der Waals surface area contributed by atoms with Gasteiger partial charge >= 0.3 is 11.9 Å². The summed E-state index contributed by atoms with van der Waals surface area (Å²) >= 11 is 0. The van der Waals surface area contributed by atoms with Crippen LogP contribution in [0.1, 0.15) is 181 Å². The van der Waals surface area contributed by atoms with Crippen molar-refractivity contribution in [3.63, 3.8) is 0 Å². The number of nitrogens with one attached hydrogen (secondary N) is 1. The van der Waals surface area contributed by atoms with Gasteiger partial charge in [0.15, 0.2) is 0 Å². The number of carboxylic acids is 1. The number of rotatable bonds is 32. The van der Waals surface area contributed by atoms with Crippen molar-refractivity contribution < 1.29 is 24.2 Å². The molecule has 0 bridgehead atoms. The zero-order chi connectivity index (χ0) is 31.6. The van der Waals surface area contributed by atoms with Gasteiger partial charge in [0.05, 0.1) is 0 Å². The second-order valence-corrected chi connectivity index (χ2v) is 12.1. The number of aliphatic carboxylic acids is 1. The molecule has 2 N–H and O–H groups in total. The summed E-state index contributed by atoms with van der Waals surface area (Å²) in [6.45, 7) is 4.14. The molecule has 1 amide bonds. The number of carbonyl (C=O) groups excluding carboxylic acids is 2. The second kappa shape index (κ2) is 32.8. The number of amides is 1. The van der Waals surface area contributed by atoms with Crippen LogP contribution in [0.4, 0.5) is 0 Å². The number of unbranched alkanes of at least 4 members (excludes halogenated alkanes) is 17. The van der Waals surface area contributed by atoms with Crippen molar-refractivity contribution >= 4 is 17.8 Å². The molecule has 0 aliphatic carbocycles. The Hall–Kier alpha value is -2.11. The summed E-state index contributed by atoms with van der Waals surface area (Å²) in [6, 6.07) is 0. The maximum atomic E-state index is 12.6. The highest BCUT2D eigenvalue weighted by atomic mass is 16.5. The van der Waals surface area contributed by atoms with Gasteiger partial charge in [0.2, 0.25) is 5.91 Å². The van der Waals surface area contributed by atoms with E-state index in [1.54, 1.807) is 0 Å². The molecule has 250 valence electrons. The predicted octanol–water partition coefficient (Wildman–Crippen LogP) is 10.4. The maximum Gasteiger partial charge on any atom is 0.322 e. The molecule has 0 saturated heterocycles. The number of hydrogen-bond donors (Lipinski definition) is 2. The molecule has 6 heteroatoms. The maximum absolute atomic E-state index is 12.6. The highest BCUT2D eigenvalue weighted by molar-refractivity contribution is 5.80. The van der Waals surface area contributed by atoms with Crippen molar-refractivity contribution in [1.82, 2.24) is 5.32 Å². The van der Waals surface area contributed by atoms with Crippen LogP contribution < -0.4 is 5.32 Å². The standard InChI is InChI=1S/C37H67NO5/c1-3-5-7-9-11-13-14-15-16-17-19-24-28-32-37(42)43-34(29-25-21-18-12-10-8-6-4-2)30-26-22-20-23-27-31-35(39)38-33-36(40)41/h7,9,13-14,34H,3-6,8,10-12,15-33H2,1-2H3,(H,38,39)(H,40,41)/b9-7-,14-13-. The molecule has 0 aliphatic rings. The van der Waals surface area contributed by atoms with Crippen molar-refractivity contribution in [1.29, 1.82) is 0 Å². The minimum Gasteiger partial charge on any atom is -0.480 e. The Morgan fingerprint density at radius 3 is 1.70 bits per heavy atom. The van der Waals surface area contributed by atoms with Gasteiger partial charge in [-0.2, -0.15) is 0 Å². The minimum atomic E-state index is -1.02. The Morgan fingerprint density at radius 1 is 0.605 bits per heavy atom. The zero-order valence-corrected chi connectivity index (χ0v) is 28.1. The number of esters is 1. The first-order valence-corrected chi connectivity index (χ1v) is 18.0. The normalized spacial score (nSPS) is 12.2. The van der Waals surface area contributed by atoms with E-state index >= 15 is 0 Å². The van der Waals surface area contributed by atoms with E-state index < -0.39 is 5.97 Å². The van der Waals surface area contributed by atoms with Gasteiger partial charge in [0.25, 0.3) is 0 Å². The SMILES string of the molecule is CCC/C=C\C/C=C\CCCCCCCC(=O)OC(CCCCCCCCCC)CCCCCCCC(=O)NCC(=O)O. The lowest BCUT2D eigenvalue weighted by atomic mass is 10.0. The summed E-state index contributed by atoms with van der Waals surface area (Å²) < 4.78 is 5.97. The lowest BCUT2D eigenvalue weighted by Gasteiger charge is -2.18. The zero-order valence-electron chi connectivity index (χ0n) is 28.1. The van der Waals surface area contributed by atoms with Gasteiger partial charge in [0, 0.05) is 12.8 Å². The van der Waals surface area contributed by atoms with E-state index in [9.17, 15) is 14.4 Å². The molecule has 0 radical (unpaired) electrons. The fourth-order valence-corrected chi connectivity index (χ4v) is 5.20. The van der Waals surface area contributed by atoms with Crippen LogP contribution in [-0.2, 0) is 19.1 Å². The molecule has 0 heterocycles. The molecule has 0 aliphatic heterocycles. The molecule has 0 aromatic heterocycles. The molecular weight excluding hydrogens is 538 g/mol. The first-order chi connectivity index (χ1) is 21.0. The van der Waals surface area contributed by atoms with E-state index in [4.69, 9.17) is 9.84 Å². The van der Waals surface area contributed by atoms with Gasteiger partial charge in [-0.15, -0.1) is 0 Å². The minimum absolute atomic E-state index is 0.0259. The summed E-state index contributed by atoms with van der Waals surface area (Å²) in [5.74, 6) is -1.25. The number of allylic oxidation sites excluding steroid dienone is 4. The number of hydrogen-bond acceptors (Lipinski definition) is 4. The molecule has 0 aromatic rings. The number of carbonyl (C=O) groups is 3. The Labute approximate surface area is 264 Å². The second-order valence-electron chi connectivity index (χ2n) is 12.1. The fourth-order valence-electron chi connectivity index (χ4n) is 5.20. The Kier molecular flexibility index (Phi) is 31.2. The highest BCUT2D eigenvalue weighted by Gasteiger charge is 2.14. The number of ether oxygens (including phenoxy) is 1. The van der Waals surface area contributed by atoms with Gasteiger partial charge in [0.1, 0.15) is 12.6 Å². The van der Waals surface area contributed by atoms with E-state index in [1.165, 1.54) is 77.0 Å². The monoisotopic (exact) mass is 606 g/mol. The van der Waals surface area contributed by atoms with Crippen LogP contribution >= 0.6 is 0 Å². The van der Waals surface area contributed by atoms with Crippen LogP contribution in [0.2, 0.25) is 0 Å². The van der Waals surface area contributed by atoms with Crippen LogP contribution in [0.15, 0.2) is 24.3 Å². The summed E-state index contributed by atoms with van der Waals surface area (Å²) in [5.41, 5.74) is 0. The van der Waals surface area contributed by atoms with Gasteiger partial charge in [-0.3, -0.25) is 14.4 Å². The lowest BCUT2D eigenvalue weighted by Crippen LogP contribution is -2.28. The molecule has 0 spiro atoms. The van der Waals surface area contributed by atoms with Gasteiger partial charge < -0.3 is 15.2 Å². The van der Waals surface area contributed by atoms with E-state index in [0.717, 1.165) is 77.0 Å². The summed E-state index contributed by atoms with van der Waals surface area (Å²) in [7, 11) is 0. The van der Waals surface area contributed by atoms with Gasteiger partial charge in [-0.1, -0.05) is 128 Å². The predicted molar refractivity (Wildman–Crippen MR) is 180 cm³/mol. The van der Waals surface area contributed by atoms with Crippen molar-refractivity contribution in [3.8, 4) is 0 Å². The van der Waals surface area contributed by atoms with Crippen molar-refractivity contribution in [2.75, 3.05) is 6.54 Å². The van der Waals surface area contributed by atoms with E-state index in [2.05, 4.69) is 43.5 Å². The first-order valence-electron chi connectivity index (χ1n) is 18.0. The average molecular weight is 606 g/mol. The molecule has 0 saturated carbocycles. The Bertz CT molecular complexity index is 718. The highest BCUT2D eigenvalue weighted by Crippen LogP contribution is 2.18.